The topological polar surface area (TPSA) is 33.2 Å². The molecule has 1 aromatic carbocycles. The second-order valence-corrected chi connectivity index (χ2v) is 6.92. The molecule has 0 atom stereocenters. The molecule has 1 radical (unpaired) electrons. The summed E-state index contributed by atoms with van der Waals surface area (Å²) in [6, 6.07) is 16.2. The number of hydrogen-bond donors (Lipinski definition) is 0. The predicted octanol–water partition coefficient (Wildman–Crippen LogP) is 5.05. The van der Waals surface area contributed by atoms with Gasteiger partial charge in [0.1, 0.15) is 10.8 Å². The third kappa shape index (κ3) is 4.76. The Balaban J connectivity index is 0.000000166. The van der Waals surface area contributed by atoms with Gasteiger partial charge in [-0.2, -0.15) is 22.8 Å². The van der Waals surface area contributed by atoms with Gasteiger partial charge >= 0.3 is 0 Å². The molecule has 0 fully saturated rings. The van der Waals surface area contributed by atoms with Gasteiger partial charge in [-0.15, -0.1) is 12.1 Å². The Morgan fingerprint density at radius 2 is 1.96 bits per heavy atom. The molecular weight excluding hydrogens is 553 g/mol. The third-order valence-electron chi connectivity index (χ3n) is 3.66. The summed E-state index contributed by atoms with van der Waals surface area (Å²) < 4.78 is 3.83. The van der Waals surface area contributed by atoms with Crippen LogP contribution in [0.5, 0.6) is 0 Å². The molecule has 0 amide bonds. The van der Waals surface area contributed by atoms with Gasteiger partial charge in [-0.1, -0.05) is 52.5 Å². The van der Waals surface area contributed by atoms with E-state index < -0.39 is 0 Å². The first-order chi connectivity index (χ1) is 12.9. The van der Waals surface area contributed by atoms with Gasteiger partial charge in [0.15, 0.2) is 6.21 Å². The zero-order chi connectivity index (χ0) is 17.6. The number of hydrazone groups is 1. The summed E-state index contributed by atoms with van der Waals surface area (Å²) in [6.45, 7) is 0. The first-order valence-corrected chi connectivity index (χ1v) is 9.82. The van der Waals surface area contributed by atoms with Crippen LogP contribution in [0, 0.1) is 11.6 Å². The van der Waals surface area contributed by atoms with Crippen molar-refractivity contribution in [2.24, 2.45) is 5.10 Å². The third-order valence-corrected chi connectivity index (χ3v) is 5.02. The van der Waals surface area contributed by atoms with Crippen molar-refractivity contribution in [2.75, 3.05) is 0 Å². The summed E-state index contributed by atoms with van der Waals surface area (Å²) in [4.78, 5) is 4.30. The summed E-state index contributed by atoms with van der Waals surface area (Å²) in [6.07, 6.45) is 9.82. The molecule has 0 bridgehead atoms. The number of nitrogens with zero attached hydrogens (tertiary/aromatic N) is 4. The number of thiophene rings is 1. The van der Waals surface area contributed by atoms with E-state index in [9.17, 15) is 0 Å². The second kappa shape index (κ2) is 9.67. The van der Waals surface area contributed by atoms with Gasteiger partial charge in [-0.25, -0.2) is 0 Å². The number of aromatic nitrogens is 2. The minimum Gasteiger partial charge on any atom is -0.420 e. The van der Waals surface area contributed by atoms with Crippen molar-refractivity contribution in [3.8, 4) is 16.4 Å². The predicted molar refractivity (Wildman–Crippen MR) is 108 cm³/mol. The molecule has 4 aromatic rings. The quantitative estimate of drug-likeness (QED) is 0.252. The molecule has 137 valence electrons. The molecule has 0 saturated carbocycles. The van der Waals surface area contributed by atoms with Crippen molar-refractivity contribution in [3.05, 3.63) is 77.1 Å². The van der Waals surface area contributed by atoms with Crippen LogP contribution in [0.3, 0.4) is 0 Å². The van der Waals surface area contributed by atoms with Crippen LogP contribution in [0.25, 0.3) is 16.4 Å². The van der Waals surface area contributed by atoms with Crippen LogP contribution < -0.4 is 0 Å². The molecule has 27 heavy (non-hydrogen) atoms. The first kappa shape index (κ1) is 19.6. The van der Waals surface area contributed by atoms with E-state index in [0.717, 1.165) is 22.9 Å². The molecule has 4 heterocycles. The summed E-state index contributed by atoms with van der Waals surface area (Å²) in [5.41, 5.74) is 3.34. The van der Waals surface area contributed by atoms with Gasteiger partial charge in [-0.3, -0.25) is 16.3 Å². The smallest absolute Gasteiger partial charge is 0.182 e. The van der Waals surface area contributed by atoms with Crippen molar-refractivity contribution in [2.45, 2.75) is 6.42 Å². The zero-order valence-electron chi connectivity index (χ0n) is 14.2. The number of benzene rings is 1. The van der Waals surface area contributed by atoms with Crippen LogP contribution in [-0.2, 0) is 20.1 Å². The van der Waals surface area contributed by atoms with E-state index >= 15 is 0 Å². The van der Waals surface area contributed by atoms with Crippen LogP contribution >= 0.6 is 22.7 Å². The van der Waals surface area contributed by atoms with Crippen molar-refractivity contribution in [3.63, 3.8) is 0 Å². The van der Waals surface area contributed by atoms with Gasteiger partial charge < -0.3 is 4.57 Å². The molecule has 5 rings (SSSR count). The number of thiazole rings is 1. The standard InChI is InChI=1S/C13H9N2S.C7H6N2S.Ir/c1-2-5-11(6-3-1)12-7-4-9-15(12)13-14-8-10-16-13;1-3-8-9(4-1)7-2-5-10-6-7;/h1-8,10H;2-5H,1H2;/q-1;;. The van der Waals surface area contributed by atoms with Gasteiger partial charge in [0.05, 0.1) is 12.6 Å². The SMILES string of the molecule is [Ir].[c-]1ccc(-c2ccccc2)n1-c1nccs1.[c-]1sccc1[N+]1=CCC=N1. The minimum atomic E-state index is 0. The van der Waals surface area contributed by atoms with E-state index in [-0.39, 0.29) is 20.1 Å². The van der Waals surface area contributed by atoms with E-state index in [1.54, 1.807) is 22.7 Å². The monoisotopic (exact) mass is 568 g/mol. The molecule has 0 unspecified atom stereocenters. The maximum absolute atomic E-state index is 4.30. The van der Waals surface area contributed by atoms with Crippen LogP contribution in [0.1, 0.15) is 6.42 Å². The van der Waals surface area contributed by atoms with E-state index in [1.165, 1.54) is 5.56 Å². The summed E-state index contributed by atoms with van der Waals surface area (Å²) in [5.74, 6) is 0. The fourth-order valence-corrected chi connectivity index (χ4v) is 3.66. The van der Waals surface area contributed by atoms with Crippen molar-refractivity contribution in [1.29, 1.82) is 0 Å². The molecule has 0 N–H and O–H groups in total. The number of rotatable bonds is 3. The Morgan fingerprint density at radius 3 is 2.63 bits per heavy atom. The Bertz CT molecular complexity index is 1000. The van der Waals surface area contributed by atoms with Gasteiger partial charge in [-0.05, 0) is 10.5 Å². The average molecular weight is 568 g/mol. The maximum Gasteiger partial charge on any atom is 0.182 e. The van der Waals surface area contributed by atoms with Crippen molar-refractivity contribution < 1.29 is 24.8 Å². The van der Waals surface area contributed by atoms with E-state index in [4.69, 9.17) is 0 Å². The maximum atomic E-state index is 4.30. The first-order valence-electron chi connectivity index (χ1n) is 8.07. The molecule has 4 nitrogen and oxygen atoms in total. The van der Waals surface area contributed by atoms with Gasteiger partial charge in [0.2, 0.25) is 0 Å². The normalized spacial score (nSPS) is 12.1. The Hall–Kier alpha value is -2.18. The van der Waals surface area contributed by atoms with E-state index in [1.807, 2.05) is 69.0 Å². The molecule has 3 aromatic heterocycles. The Kier molecular flexibility index (Phi) is 7.01. The van der Waals surface area contributed by atoms with Crippen LogP contribution in [0.15, 0.2) is 70.6 Å². The minimum absolute atomic E-state index is 0. The molecule has 7 heteroatoms. The van der Waals surface area contributed by atoms with Crippen LogP contribution in [0.2, 0.25) is 0 Å². The molecule has 1 aliphatic heterocycles. The van der Waals surface area contributed by atoms with Crippen molar-refractivity contribution in [1.82, 2.24) is 9.55 Å². The zero-order valence-corrected chi connectivity index (χ0v) is 18.2. The summed E-state index contributed by atoms with van der Waals surface area (Å²) in [7, 11) is 0. The Labute approximate surface area is 179 Å². The fraction of sp³-hybridized carbons (Fsp3) is 0.0500. The second-order valence-electron chi connectivity index (χ2n) is 5.33. The summed E-state index contributed by atoms with van der Waals surface area (Å²) in [5, 5.41) is 12.1. The Morgan fingerprint density at radius 1 is 1.07 bits per heavy atom. The molecular formula is C20H15IrN4S2-. The molecule has 0 saturated heterocycles. The molecule has 0 spiro atoms. The van der Waals surface area contributed by atoms with Gasteiger partial charge in [0, 0.05) is 31.7 Å². The van der Waals surface area contributed by atoms with Crippen molar-refractivity contribution >= 4 is 40.8 Å². The van der Waals surface area contributed by atoms with Gasteiger partial charge in [0.25, 0.3) is 0 Å². The fourth-order valence-electron chi connectivity index (χ4n) is 2.49. The van der Waals surface area contributed by atoms with Crippen LogP contribution in [0.4, 0.5) is 5.69 Å². The molecule has 1 aliphatic rings. The largest absolute Gasteiger partial charge is 0.420 e. The number of hydrogen-bond acceptors (Lipinski definition) is 4. The summed E-state index contributed by atoms with van der Waals surface area (Å²) >= 11 is 3.18. The average Bonchev–Trinajstić information content (AvgIpc) is 3.51. The van der Waals surface area contributed by atoms with Crippen LogP contribution in [-0.4, -0.2) is 26.7 Å². The van der Waals surface area contributed by atoms with E-state index in [2.05, 4.69) is 39.9 Å². The molecule has 0 aliphatic carbocycles. The van der Waals surface area contributed by atoms with E-state index in [0.29, 0.717) is 0 Å².